The smallest absolute Gasteiger partial charge is 0.372 e. The molecule has 0 amide bonds. The van der Waals surface area contributed by atoms with Gasteiger partial charge in [-0.3, -0.25) is 0 Å². The Bertz CT molecular complexity index is 337. The number of hydrogen-bond donors (Lipinski definition) is 2. The Balaban J connectivity index is 3.30. The van der Waals surface area contributed by atoms with E-state index in [0.717, 1.165) is 12.1 Å². The van der Waals surface area contributed by atoms with Gasteiger partial charge in [0.25, 0.3) is 0 Å². The summed E-state index contributed by atoms with van der Waals surface area (Å²) < 4.78 is 4.20. The van der Waals surface area contributed by atoms with E-state index in [1.165, 1.54) is 0 Å². The molecule has 0 saturated heterocycles. The van der Waals surface area contributed by atoms with E-state index in [-0.39, 0.29) is 0 Å². The van der Waals surface area contributed by atoms with Crippen molar-refractivity contribution in [2.24, 2.45) is 0 Å². The molecule has 0 spiro atoms. The van der Waals surface area contributed by atoms with Crippen LogP contribution in [-0.4, -0.2) is 16.2 Å². The highest BCUT2D eigenvalue weighted by Gasteiger charge is 2.07. The average molecular weight is 156 g/mol. The fourth-order valence-corrected chi connectivity index (χ4v) is 0.569. The van der Waals surface area contributed by atoms with Crippen LogP contribution in [0.2, 0.25) is 0 Å². The summed E-state index contributed by atoms with van der Waals surface area (Å²) >= 11 is 0. The van der Waals surface area contributed by atoms with Crippen LogP contribution in [0.3, 0.4) is 0 Å². The van der Waals surface area contributed by atoms with Gasteiger partial charge in [0.2, 0.25) is 5.76 Å². The van der Waals surface area contributed by atoms with Crippen LogP contribution in [0.15, 0.2) is 21.3 Å². The first kappa shape index (κ1) is 7.33. The van der Waals surface area contributed by atoms with Crippen molar-refractivity contribution >= 4 is 5.97 Å². The minimum Gasteiger partial charge on any atom is -0.508 e. The number of carboxylic acids is 1. The second-order valence-corrected chi connectivity index (χ2v) is 1.80. The molecule has 58 valence electrons. The fourth-order valence-electron chi connectivity index (χ4n) is 0.569. The summed E-state index contributed by atoms with van der Waals surface area (Å²) in [6, 6.07) is 1.64. The van der Waals surface area contributed by atoms with Crippen LogP contribution >= 0.6 is 0 Å². The molecule has 0 atom stereocenters. The van der Waals surface area contributed by atoms with Crippen molar-refractivity contribution in [3.8, 4) is 5.75 Å². The van der Waals surface area contributed by atoms with Gasteiger partial charge in [-0.25, -0.2) is 9.59 Å². The van der Waals surface area contributed by atoms with Crippen molar-refractivity contribution in [3.05, 3.63) is 28.3 Å². The molecule has 1 heterocycles. The molecule has 1 aromatic rings. The van der Waals surface area contributed by atoms with E-state index in [2.05, 4.69) is 4.42 Å². The average Bonchev–Trinajstić information content (AvgIpc) is 1.85. The second-order valence-electron chi connectivity index (χ2n) is 1.80. The molecule has 0 aliphatic carbocycles. The molecule has 0 radical (unpaired) electrons. The summed E-state index contributed by atoms with van der Waals surface area (Å²) in [5.41, 5.74) is -0.887. The Hall–Kier alpha value is -1.78. The lowest BCUT2D eigenvalue weighted by Gasteiger charge is -1.91. The molecule has 0 saturated carbocycles. The lowest BCUT2D eigenvalue weighted by Crippen LogP contribution is -2.03. The summed E-state index contributed by atoms with van der Waals surface area (Å²) in [7, 11) is 0. The normalized spacial score (nSPS) is 9.45. The molecule has 5 nitrogen and oxygen atoms in total. The second kappa shape index (κ2) is 2.45. The van der Waals surface area contributed by atoms with Gasteiger partial charge < -0.3 is 14.6 Å². The quantitative estimate of drug-likeness (QED) is 0.599. The molecule has 0 bridgehead atoms. The molecule has 1 rings (SSSR count). The maximum Gasteiger partial charge on any atom is 0.372 e. The van der Waals surface area contributed by atoms with Crippen LogP contribution < -0.4 is 5.63 Å². The van der Waals surface area contributed by atoms with Crippen LogP contribution in [0.25, 0.3) is 0 Å². The third-order valence-corrected chi connectivity index (χ3v) is 0.966. The van der Waals surface area contributed by atoms with Gasteiger partial charge in [-0.2, -0.15) is 0 Å². The molecule has 1 aromatic heterocycles. The molecule has 0 aromatic carbocycles. The zero-order valence-corrected chi connectivity index (χ0v) is 5.27. The summed E-state index contributed by atoms with van der Waals surface area (Å²) in [6.45, 7) is 0. The van der Waals surface area contributed by atoms with Gasteiger partial charge in [-0.05, 0) is 0 Å². The summed E-state index contributed by atoms with van der Waals surface area (Å²) in [4.78, 5) is 20.6. The zero-order valence-electron chi connectivity index (χ0n) is 5.27. The van der Waals surface area contributed by atoms with E-state index in [0.29, 0.717) is 0 Å². The van der Waals surface area contributed by atoms with Crippen molar-refractivity contribution in [3.63, 3.8) is 0 Å². The van der Waals surface area contributed by atoms with E-state index in [1.807, 2.05) is 0 Å². The van der Waals surface area contributed by atoms with Gasteiger partial charge in [-0.1, -0.05) is 0 Å². The predicted molar refractivity (Wildman–Crippen MR) is 33.6 cm³/mol. The highest BCUT2D eigenvalue weighted by Crippen LogP contribution is 2.06. The third-order valence-electron chi connectivity index (χ3n) is 0.966. The van der Waals surface area contributed by atoms with Crippen molar-refractivity contribution in [2.75, 3.05) is 0 Å². The maximum absolute atomic E-state index is 10.4. The van der Waals surface area contributed by atoms with E-state index in [1.54, 1.807) is 0 Å². The first-order chi connectivity index (χ1) is 5.09. The van der Waals surface area contributed by atoms with E-state index < -0.39 is 23.1 Å². The van der Waals surface area contributed by atoms with Crippen LogP contribution in [0, 0.1) is 0 Å². The largest absolute Gasteiger partial charge is 0.508 e. The van der Waals surface area contributed by atoms with Crippen molar-refractivity contribution in [1.29, 1.82) is 0 Å². The topological polar surface area (TPSA) is 87.7 Å². The first-order valence-corrected chi connectivity index (χ1v) is 2.67. The number of rotatable bonds is 1. The predicted octanol–water partition coefficient (Wildman–Crippen LogP) is 0.0436. The summed E-state index contributed by atoms with van der Waals surface area (Å²) in [5.74, 6) is -2.38. The van der Waals surface area contributed by atoms with Crippen molar-refractivity contribution < 1.29 is 19.4 Å². The van der Waals surface area contributed by atoms with Crippen LogP contribution in [0.4, 0.5) is 0 Å². The highest BCUT2D eigenvalue weighted by atomic mass is 16.4. The Morgan fingerprint density at radius 1 is 1.45 bits per heavy atom. The first-order valence-electron chi connectivity index (χ1n) is 2.67. The third kappa shape index (κ3) is 1.57. The Morgan fingerprint density at radius 3 is 2.55 bits per heavy atom. The van der Waals surface area contributed by atoms with Crippen LogP contribution in [0.1, 0.15) is 10.6 Å². The monoisotopic (exact) mass is 156 g/mol. The summed E-state index contributed by atoms with van der Waals surface area (Å²) in [5, 5.41) is 17.0. The number of hydrogen-bond acceptors (Lipinski definition) is 4. The lowest BCUT2D eigenvalue weighted by molar-refractivity contribution is 0.0656. The van der Waals surface area contributed by atoms with Gasteiger partial charge in [0.05, 0.1) is 6.07 Å². The fraction of sp³-hybridized carbons (Fsp3) is 0. The lowest BCUT2D eigenvalue weighted by atomic mass is 10.4. The SMILES string of the molecule is O=C(O)c1cc(O)cc(=O)o1. The van der Waals surface area contributed by atoms with E-state index >= 15 is 0 Å². The van der Waals surface area contributed by atoms with E-state index in [9.17, 15) is 9.59 Å². The van der Waals surface area contributed by atoms with Crippen molar-refractivity contribution in [1.82, 2.24) is 0 Å². The molecule has 2 N–H and O–H groups in total. The van der Waals surface area contributed by atoms with Gasteiger partial charge in [-0.15, -0.1) is 0 Å². The molecule has 11 heavy (non-hydrogen) atoms. The molecular formula is C6H4O5. The number of carboxylic acid groups (broad SMARTS) is 1. The van der Waals surface area contributed by atoms with Gasteiger partial charge >= 0.3 is 11.6 Å². The molecule has 0 aliphatic rings. The standard InChI is InChI=1S/C6H4O5/c7-3-1-4(6(9)10)11-5(8)2-3/h1-2,7H,(H,9,10). The molecule has 0 fully saturated rings. The van der Waals surface area contributed by atoms with Gasteiger partial charge in [0.15, 0.2) is 0 Å². The zero-order chi connectivity index (χ0) is 8.43. The summed E-state index contributed by atoms with van der Waals surface area (Å²) in [6.07, 6.45) is 0. The molecular weight excluding hydrogens is 152 g/mol. The van der Waals surface area contributed by atoms with Gasteiger partial charge in [0, 0.05) is 6.07 Å². The molecule has 0 unspecified atom stereocenters. The van der Waals surface area contributed by atoms with Gasteiger partial charge in [0.1, 0.15) is 5.75 Å². The highest BCUT2D eigenvalue weighted by molar-refractivity contribution is 5.84. The maximum atomic E-state index is 10.4. The Kier molecular flexibility index (Phi) is 1.63. The minimum atomic E-state index is -1.39. The van der Waals surface area contributed by atoms with Crippen LogP contribution in [0.5, 0.6) is 5.75 Å². The van der Waals surface area contributed by atoms with Crippen molar-refractivity contribution in [2.45, 2.75) is 0 Å². The Labute approximate surface area is 60.5 Å². The number of carbonyl (C=O) groups is 1. The molecule has 5 heteroatoms. The Morgan fingerprint density at radius 2 is 2.09 bits per heavy atom. The number of aromatic hydroxyl groups is 1. The number of aromatic carboxylic acids is 1. The van der Waals surface area contributed by atoms with Crippen LogP contribution in [-0.2, 0) is 0 Å². The minimum absolute atomic E-state index is 0.418. The molecule has 0 aliphatic heterocycles. The van der Waals surface area contributed by atoms with E-state index in [4.69, 9.17) is 10.2 Å².